The van der Waals surface area contributed by atoms with Crippen molar-refractivity contribution in [3.8, 4) is 0 Å². The van der Waals surface area contributed by atoms with Gasteiger partial charge < -0.3 is 5.11 Å². The normalized spacial score (nSPS) is 10.6. The van der Waals surface area contributed by atoms with E-state index in [2.05, 4.69) is 10.1 Å². The Morgan fingerprint density at radius 1 is 1.44 bits per heavy atom. The van der Waals surface area contributed by atoms with Gasteiger partial charge in [-0.1, -0.05) is 0 Å². The van der Waals surface area contributed by atoms with Crippen LogP contribution in [0.3, 0.4) is 0 Å². The lowest BCUT2D eigenvalue weighted by atomic mass is 10.4. The van der Waals surface area contributed by atoms with E-state index in [1.165, 1.54) is 23.5 Å². The van der Waals surface area contributed by atoms with Crippen LogP contribution in [0.2, 0.25) is 0 Å². The third-order valence-corrected chi connectivity index (χ3v) is 3.50. The molecule has 2 aromatic heterocycles. The molecule has 0 bridgehead atoms. The number of aromatic nitrogens is 3. The number of nitrogens with zero attached hydrogens (tertiary/aromatic N) is 3. The van der Waals surface area contributed by atoms with E-state index in [1.807, 2.05) is 13.8 Å². The molecule has 0 fully saturated rings. The van der Waals surface area contributed by atoms with Crippen LogP contribution in [0.25, 0.3) is 0 Å². The molecule has 0 saturated heterocycles. The lowest BCUT2D eigenvalue weighted by Gasteiger charge is -2.02. The highest BCUT2D eigenvalue weighted by Crippen LogP contribution is 2.16. The zero-order valence-electron chi connectivity index (χ0n) is 9.88. The largest absolute Gasteiger partial charge is 0.476 e. The maximum atomic E-state index is 11.6. The number of aromatic carboxylic acids is 1. The highest BCUT2D eigenvalue weighted by atomic mass is 32.1. The van der Waals surface area contributed by atoms with Crippen molar-refractivity contribution in [1.82, 2.24) is 14.8 Å². The molecular formula is C11H11N3O3S. The summed E-state index contributed by atoms with van der Waals surface area (Å²) in [6.07, 6.45) is 0. The predicted octanol–water partition coefficient (Wildman–Crippen LogP) is 1.06. The van der Waals surface area contributed by atoms with Crippen LogP contribution in [0.4, 0.5) is 0 Å². The maximum absolute atomic E-state index is 11.6. The van der Waals surface area contributed by atoms with Crippen molar-refractivity contribution < 1.29 is 9.90 Å². The summed E-state index contributed by atoms with van der Waals surface area (Å²) in [6, 6.07) is 2.39. The second-order valence-electron chi connectivity index (χ2n) is 3.77. The van der Waals surface area contributed by atoms with Crippen LogP contribution >= 0.6 is 11.3 Å². The summed E-state index contributed by atoms with van der Waals surface area (Å²) in [5, 5.41) is 13.3. The van der Waals surface area contributed by atoms with Gasteiger partial charge in [-0.15, -0.1) is 11.3 Å². The van der Waals surface area contributed by atoms with E-state index in [0.717, 1.165) is 20.3 Å². The van der Waals surface area contributed by atoms with Gasteiger partial charge in [0.2, 0.25) is 0 Å². The van der Waals surface area contributed by atoms with Gasteiger partial charge in [-0.05, 0) is 19.9 Å². The first-order valence-electron chi connectivity index (χ1n) is 5.21. The summed E-state index contributed by atoms with van der Waals surface area (Å²) in [7, 11) is 0. The molecule has 0 radical (unpaired) electrons. The van der Waals surface area contributed by atoms with Crippen molar-refractivity contribution >= 4 is 17.3 Å². The lowest BCUT2D eigenvalue weighted by Crippen LogP contribution is -2.24. The molecule has 0 aliphatic rings. The summed E-state index contributed by atoms with van der Waals surface area (Å²) in [5.74, 6) is -1.16. The van der Waals surface area contributed by atoms with E-state index in [1.54, 1.807) is 0 Å². The van der Waals surface area contributed by atoms with Crippen LogP contribution in [-0.4, -0.2) is 25.8 Å². The number of carboxylic acids is 1. The molecule has 0 aliphatic heterocycles. The Hall–Kier alpha value is -2.02. The molecule has 2 rings (SSSR count). The van der Waals surface area contributed by atoms with Gasteiger partial charge in [0.15, 0.2) is 5.69 Å². The molecule has 6 nitrogen and oxygen atoms in total. The molecule has 0 unspecified atom stereocenters. The van der Waals surface area contributed by atoms with Gasteiger partial charge in [0.1, 0.15) is 5.01 Å². The lowest BCUT2D eigenvalue weighted by molar-refractivity contribution is 0.0687. The van der Waals surface area contributed by atoms with E-state index in [0.29, 0.717) is 0 Å². The van der Waals surface area contributed by atoms with Gasteiger partial charge >= 0.3 is 5.97 Å². The molecule has 2 heterocycles. The number of rotatable bonds is 3. The number of aryl methyl sites for hydroxylation is 2. The smallest absolute Gasteiger partial charge is 0.356 e. The maximum Gasteiger partial charge on any atom is 0.356 e. The Bertz CT molecular complexity index is 640. The van der Waals surface area contributed by atoms with Crippen molar-refractivity contribution in [3.63, 3.8) is 0 Å². The van der Waals surface area contributed by atoms with Crippen LogP contribution in [0, 0.1) is 13.8 Å². The summed E-state index contributed by atoms with van der Waals surface area (Å²) in [6.45, 7) is 4.03. The zero-order chi connectivity index (χ0) is 13.3. The number of hydrogen-bond donors (Lipinski definition) is 1. The molecule has 7 heteroatoms. The van der Waals surface area contributed by atoms with Crippen LogP contribution in [-0.2, 0) is 6.54 Å². The van der Waals surface area contributed by atoms with E-state index < -0.39 is 5.97 Å². The van der Waals surface area contributed by atoms with Gasteiger partial charge in [-0.25, -0.2) is 14.5 Å². The van der Waals surface area contributed by atoms with Gasteiger partial charge in [-0.3, -0.25) is 4.79 Å². The minimum atomic E-state index is -1.16. The highest BCUT2D eigenvalue weighted by Gasteiger charge is 2.10. The second kappa shape index (κ2) is 4.69. The zero-order valence-corrected chi connectivity index (χ0v) is 10.7. The number of hydrogen-bond acceptors (Lipinski definition) is 5. The minimum absolute atomic E-state index is 0.153. The third kappa shape index (κ3) is 2.45. The SMILES string of the molecule is Cc1nc(Cn2nc(C(=O)O)ccc2=O)sc1C. The minimum Gasteiger partial charge on any atom is -0.476 e. The molecule has 18 heavy (non-hydrogen) atoms. The summed E-state index contributed by atoms with van der Waals surface area (Å²) in [4.78, 5) is 27.7. The fourth-order valence-electron chi connectivity index (χ4n) is 1.41. The quantitative estimate of drug-likeness (QED) is 0.897. The van der Waals surface area contributed by atoms with Gasteiger partial charge in [-0.2, -0.15) is 5.10 Å². The summed E-state index contributed by atoms with van der Waals surface area (Å²) >= 11 is 1.47. The first-order chi connectivity index (χ1) is 8.47. The van der Waals surface area contributed by atoms with Gasteiger partial charge in [0, 0.05) is 10.9 Å². The van der Waals surface area contributed by atoms with Crippen molar-refractivity contribution in [3.05, 3.63) is 43.8 Å². The summed E-state index contributed by atoms with van der Waals surface area (Å²) < 4.78 is 1.11. The Balaban J connectivity index is 2.36. The number of carboxylic acid groups (broad SMARTS) is 1. The molecule has 0 amide bonds. The third-order valence-electron chi connectivity index (χ3n) is 2.44. The van der Waals surface area contributed by atoms with Crippen molar-refractivity contribution in [2.24, 2.45) is 0 Å². The molecule has 1 N–H and O–H groups in total. The molecule has 0 spiro atoms. The average Bonchev–Trinajstić information content (AvgIpc) is 2.61. The van der Waals surface area contributed by atoms with Gasteiger partial charge in [0.05, 0.1) is 12.2 Å². The van der Waals surface area contributed by atoms with E-state index in [-0.39, 0.29) is 17.8 Å². The van der Waals surface area contributed by atoms with Crippen molar-refractivity contribution in [2.45, 2.75) is 20.4 Å². The molecule has 0 aromatic carbocycles. The standard InChI is InChI=1S/C11H11N3O3S/c1-6-7(2)18-9(12-6)5-14-10(15)4-3-8(13-14)11(16)17/h3-4H,5H2,1-2H3,(H,16,17). The average molecular weight is 265 g/mol. The first kappa shape index (κ1) is 12.4. The Kier molecular flexibility index (Phi) is 3.24. The molecule has 0 saturated carbocycles. The first-order valence-corrected chi connectivity index (χ1v) is 6.03. The fraction of sp³-hybridized carbons (Fsp3) is 0.273. The second-order valence-corrected chi connectivity index (χ2v) is 5.06. The topological polar surface area (TPSA) is 85.1 Å². The fourth-order valence-corrected chi connectivity index (χ4v) is 2.33. The van der Waals surface area contributed by atoms with E-state index in [9.17, 15) is 9.59 Å². The number of carbonyl (C=O) groups is 1. The summed E-state index contributed by atoms with van der Waals surface area (Å²) in [5.41, 5.74) is 0.419. The van der Waals surface area contributed by atoms with E-state index >= 15 is 0 Å². The Morgan fingerprint density at radius 2 is 2.17 bits per heavy atom. The molecular weight excluding hydrogens is 254 g/mol. The van der Waals surface area contributed by atoms with Crippen LogP contribution < -0.4 is 5.56 Å². The molecule has 2 aromatic rings. The highest BCUT2D eigenvalue weighted by molar-refractivity contribution is 7.11. The van der Waals surface area contributed by atoms with E-state index in [4.69, 9.17) is 5.11 Å². The van der Waals surface area contributed by atoms with Crippen LogP contribution in [0.1, 0.15) is 26.1 Å². The van der Waals surface area contributed by atoms with Gasteiger partial charge in [0.25, 0.3) is 5.56 Å². The molecule has 94 valence electrons. The number of thiazole rings is 1. The van der Waals surface area contributed by atoms with Crippen molar-refractivity contribution in [2.75, 3.05) is 0 Å². The Labute approximate surface area is 107 Å². The monoisotopic (exact) mass is 265 g/mol. The Morgan fingerprint density at radius 3 is 2.72 bits per heavy atom. The van der Waals surface area contributed by atoms with Crippen molar-refractivity contribution in [1.29, 1.82) is 0 Å². The predicted molar refractivity (Wildman–Crippen MR) is 66.1 cm³/mol. The van der Waals surface area contributed by atoms with Crippen LogP contribution in [0.15, 0.2) is 16.9 Å². The molecule has 0 atom stereocenters. The van der Waals surface area contributed by atoms with Crippen LogP contribution in [0.5, 0.6) is 0 Å². The molecule has 0 aliphatic carbocycles.